The predicted molar refractivity (Wildman–Crippen MR) is 134 cm³/mol. The number of rotatable bonds is 8. The van der Waals surface area contributed by atoms with E-state index in [4.69, 9.17) is 24.3 Å². The minimum Gasteiger partial charge on any atom is -0.393 e. The fraction of sp³-hybridized carbons (Fsp3) is 0.579. The van der Waals surface area contributed by atoms with Crippen LogP contribution in [0.25, 0.3) is 0 Å². The number of nitrogens with two attached hydrogens (primary N) is 1. The second-order valence-corrected chi connectivity index (χ2v) is 11.5. The number of hydrogen-bond donors (Lipinski definition) is 8. The lowest BCUT2D eigenvalue weighted by atomic mass is 10.1. The van der Waals surface area contributed by atoms with Gasteiger partial charge < -0.3 is 41.8 Å². The lowest BCUT2D eigenvalue weighted by Crippen LogP contribution is -2.43. The molecular weight excluding hydrogens is 567 g/mol. The summed E-state index contributed by atoms with van der Waals surface area (Å²) in [6.07, 6.45) is -7.23. The van der Waals surface area contributed by atoms with Crippen LogP contribution < -0.4 is 28.8 Å². The van der Waals surface area contributed by atoms with Crippen LogP contribution in [0, 0.1) is 6.92 Å². The quantitative estimate of drug-likeness (QED) is 0.0916. The maximum Gasteiger partial charge on any atom is 0.391 e. The zero-order chi connectivity index (χ0) is 28.0. The molecule has 0 radical (unpaired) electrons. The van der Waals surface area contributed by atoms with Gasteiger partial charge in [-0.2, -0.15) is 4.98 Å². The Morgan fingerprint density at radius 3 is 2.67 bits per heavy atom. The second-order valence-electron chi connectivity index (χ2n) is 8.75. The molecule has 4 heterocycles. The van der Waals surface area contributed by atoms with Crippen molar-refractivity contribution < 1.29 is 43.5 Å². The van der Waals surface area contributed by atoms with E-state index in [0.29, 0.717) is 0 Å². The molecule has 0 aromatic carbocycles. The van der Waals surface area contributed by atoms with Crippen molar-refractivity contribution in [2.45, 2.75) is 62.6 Å². The third-order valence-electron chi connectivity index (χ3n) is 6.01. The Morgan fingerprint density at radius 1 is 1.33 bits per heavy atom. The van der Waals surface area contributed by atoms with Gasteiger partial charge in [-0.05, 0) is 13.0 Å². The maximum atomic E-state index is 13.0. The number of nitrogen functional groups attached to an aromatic ring is 1. The number of anilines is 1. The van der Waals surface area contributed by atoms with E-state index in [-0.39, 0.29) is 24.0 Å². The minimum atomic E-state index is -4.67. The zero-order valence-corrected chi connectivity index (χ0v) is 22.2. The number of thiol groups is 1. The summed E-state index contributed by atoms with van der Waals surface area (Å²) in [6, 6.07) is 1.29. The molecule has 2 aromatic rings. The molecule has 0 amide bonds. The van der Waals surface area contributed by atoms with Gasteiger partial charge in [0.25, 0.3) is 5.56 Å². The number of aromatic nitrogens is 4. The van der Waals surface area contributed by atoms with Gasteiger partial charge in [0.2, 0.25) is 5.79 Å². The molecule has 2 fully saturated rings. The average molecular weight is 597 g/mol. The molecule has 218 valence electrons. The van der Waals surface area contributed by atoms with Gasteiger partial charge in [0, 0.05) is 24.4 Å². The van der Waals surface area contributed by atoms with Crippen molar-refractivity contribution in [2.24, 2.45) is 0 Å². The third kappa shape index (κ3) is 6.50. The first kappa shape index (κ1) is 31.1. The number of aryl methyl sites for hydroxylation is 1. The molecule has 8 atom stereocenters. The Hall–Kier alpha value is -2.42. The van der Waals surface area contributed by atoms with Crippen LogP contribution in [0.15, 0.2) is 32.8 Å². The van der Waals surface area contributed by atoms with E-state index in [1.807, 2.05) is 0 Å². The molecule has 2 aliphatic rings. The fourth-order valence-corrected chi connectivity index (χ4v) is 5.88. The summed E-state index contributed by atoms with van der Waals surface area (Å²) in [4.78, 5) is 41.5. The first-order valence-corrected chi connectivity index (χ1v) is 13.8. The molecule has 18 nitrogen and oxygen atoms in total. The Balaban J connectivity index is 0.00000420. The number of ether oxygens (including phenoxy) is 2. The topological polar surface area (TPSA) is 286 Å². The summed E-state index contributed by atoms with van der Waals surface area (Å²) in [6.45, 7) is -4.06. The van der Waals surface area contributed by atoms with Crippen LogP contribution in [0.5, 0.6) is 0 Å². The summed E-state index contributed by atoms with van der Waals surface area (Å²) in [5, 5.41) is 41.5. The Kier molecular flexibility index (Phi) is 9.25. The van der Waals surface area contributed by atoms with Gasteiger partial charge in [-0.15, -0.1) is 0 Å². The summed E-state index contributed by atoms with van der Waals surface area (Å²) >= 11 is 3.77. The Bertz CT molecular complexity index is 1420. The number of aliphatic hydroxyl groups excluding tert-OH is 3. The van der Waals surface area contributed by atoms with Gasteiger partial charge in [-0.3, -0.25) is 28.0 Å². The van der Waals surface area contributed by atoms with Gasteiger partial charge in [0.1, 0.15) is 30.5 Å². The van der Waals surface area contributed by atoms with Crippen LogP contribution in [-0.2, 0) is 23.1 Å². The molecule has 10 N–H and O–H groups in total. The van der Waals surface area contributed by atoms with E-state index in [1.165, 1.54) is 25.4 Å². The molecule has 2 aromatic heterocycles. The molecule has 20 heteroatoms. The van der Waals surface area contributed by atoms with E-state index in [1.54, 1.807) is 0 Å². The van der Waals surface area contributed by atoms with Crippen molar-refractivity contribution in [3.8, 4) is 0 Å². The molecule has 0 saturated carbocycles. The van der Waals surface area contributed by atoms with Crippen molar-refractivity contribution >= 4 is 24.9 Å². The highest BCUT2D eigenvalue weighted by molar-refractivity contribution is 8.44. The second kappa shape index (κ2) is 11.6. The SMILES string of the molecule is Cc1cn([C@H]2C[C@H](O)[C@@H](C(O)OP(=O)(S)O[C@]3(O)C[C@H](n4ccc(N)nc4=O)O[C@@H]3CO)O2)c(=O)[nH]c1=O.N. The van der Waals surface area contributed by atoms with Crippen molar-refractivity contribution in [1.82, 2.24) is 25.3 Å². The molecule has 0 spiro atoms. The number of hydrogen-bond acceptors (Lipinski definition) is 15. The van der Waals surface area contributed by atoms with Crippen molar-refractivity contribution in [3.05, 3.63) is 55.3 Å². The van der Waals surface area contributed by atoms with E-state index >= 15 is 0 Å². The van der Waals surface area contributed by atoms with Gasteiger partial charge in [-0.25, -0.2) is 14.2 Å². The number of nitrogens with zero attached hydrogens (tertiary/aromatic N) is 3. The van der Waals surface area contributed by atoms with Crippen molar-refractivity contribution in [1.29, 1.82) is 0 Å². The molecule has 2 aliphatic heterocycles. The van der Waals surface area contributed by atoms with Crippen LogP contribution in [0.3, 0.4) is 0 Å². The largest absolute Gasteiger partial charge is 0.393 e. The first-order valence-electron chi connectivity index (χ1n) is 11.1. The monoisotopic (exact) mass is 596 g/mol. The molecule has 0 bridgehead atoms. The van der Waals surface area contributed by atoms with Gasteiger partial charge in [-0.1, -0.05) is 12.2 Å². The van der Waals surface area contributed by atoms with E-state index in [2.05, 4.69) is 22.2 Å². The lowest BCUT2D eigenvalue weighted by Gasteiger charge is -2.31. The van der Waals surface area contributed by atoms with Crippen LogP contribution >= 0.6 is 19.0 Å². The first-order chi connectivity index (χ1) is 17.7. The fourth-order valence-electron chi connectivity index (χ4n) is 4.14. The normalized spacial score (nSPS) is 31.0. The Labute approximate surface area is 224 Å². The summed E-state index contributed by atoms with van der Waals surface area (Å²) < 4.78 is 36.0. The van der Waals surface area contributed by atoms with Crippen LogP contribution in [0.4, 0.5) is 5.82 Å². The highest BCUT2D eigenvalue weighted by atomic mass is 32.7. The molecule has 39 heavy (non-hydrogen) atoms. The van der Waals surface area contributed by atoms with Gasteiger partial charge in [0.05, 0.1) is 19.1 Å². The molecule has 2 saturated heterocycles. The molecular formula is C19H29N6O12PS. The van der Waals surface area contributed by atoms with E-state index < -0.39 is 79.6 Å². The van der Waals surface area contributed by atoms with Gasteiger partial charge in [0.15, 0.2) is 6.29 Å². The predicted octanol–water partition coefficient (Wildman–Crippen LogP) is -2.15. The molecule has 2 unspecified atom stereocenters. The lowest BCUT2D eigenvalue weighted by molar-refractivity contribution is -0.199. The highest BCUT2D eigenvalue weighted by Crippen LogP contribution is 2.59. The number of H-pyrrole nitrogens is 1. The summed E-state index contributed by atoms with van der Waals surface area (Å²) in [5.74, 6) is -2.56. The highest BCUT2D eigenvalue weighted by Gasteiger charge is 2.54. The standard InChI is InChI=1S/C19H26N5O12PS.H3N/c1-8-6-24(18(30)22-15(8)27)12-4-9(26)14(34-12)16(28)35-37(32,38)36-19(31)5-13(33-10(19)7-25)23-3-2-11(20)21-17(23)29;/h2-3,6,9-10,12-14,16,25-26,28,31H,4-5,7H2,1H3,(H,32,38)(H2,20,21,29)(H,22,27,30);1H3/t9-,10+,12+,13+,14-,16?,19+,37?;/m0./s1. The zero-order valence-electron chi connectivity index (χ0n) is 20.4. The summed E-state index contributed by atoms with van der Waals surface area (Å²) in [7, 11) is 0. The molecule has 0 aliphatic carbocycles. The number of aromatic amines is 1. The van der Waals surface area contributed by atoms with E-state index in [0.717, 1.165) is 9.13 Å². The van der Waals surface area contributed by atoms with E-state index in [9.17, 15) is 39.4 Å². The summed E-state index contributed by atoms with van der Waals surface area (Å²) in [5.41, 5.74) is 3.41. The van der Waals surface area contributed by atoms with Crippen LogP contribution in [0.1, 0.15) is 30.9 Å². The third-order valence-corrected chi connectivity index (χ3v) is 7.56. The Morgan fingerprint density at radius 2 is 2.03 bits per heavy atom. The average Bonchev–Trinajstić information content (AvgIpc) is 3.34. The maximum absolute atomic E-state index is 13.0. The smallest absolute Gasteiger partial charge is 0.391 e. The minimum absolute atomic E-state index is 0. The van der Waals surface area contributed by atoms with Crippen LogP contribution in [0.2, 0.25) is 0 Å². The van der Waals surface area contributed by atoms with Crippen molar-refractivity contribution in [3.63, 3.8) is 0 Å². The molecule has 4 rings (SSSR count). The number of nitrogens with one attached hydrogen (secondary N) is 1. The number of aliphatic hydroxyl groups is 4. The van der Waals surface area contributed by atoms with Crippen molar-refractivity contribution in [2.75, 3.05) is 12.3 Å². The van der Waals surface area contributed by atoms with Crippen LogP contribution in [-0.4, -0.2) is 76.5 Å². The van der Waals surface area contributed by atoms with Gasteiger partial charge >= 0.3 is 18.2 Å².